The smallest absolute Gasteiger partial charge is 0.408 e. The lowest BCUT2D eigenvalue weighted by molar-refractivity contribution is -0.139. The van der Waals surface area contributed by atoms with E-state index in [9.17, 15) is 14.4 Å². The van der Waals surface area contributed by atoms with Gasteiger partial charge in [0.25, 0.3) is 5.91 Å². The van der Waals surface area contributed by atoms with E-state index in [1.807, 2.05) is 75.5 Å². The van der Waals surface area contributed by atoms with Crippen LogP contribution >= 0.6 is 11.3 Å². The first-order valence-electron chi connectivity index (χ1n) is 10.1. The fraction of sp³-hybridized carbons (Fsp3) is 0.435. The summed E-state index contributed by atoms with van der Waals surface area (Å²) in [5.41, 5.74) is 0.839. The lowest BCUT2D eigenvalue weighted by Crippen LogP contribution is -2.49. The van der Waals surface area contributed by atoms with Crippen LogP contribution in [0.3, 0.4) is 0 Å². The van der Waals surface area contributed by atoms with Gasteiger partial charge in [-0.3, -0.25) is 9.59 Å². The first kappa shape index (κ1) is 23.6. The molecule has 0 unspecified atom stereocenters. The van der Waals surface area contributed by atoms with E-state index in [4.69, 9.17) is 4.74 Å². The van der Waals surface area contributed by atoms with Crippen LogP contribution in [0.2, 0.25) is 0 Å². The molecule has 0 spiro atoms. The molecule has 0 aliphatic carbocycles. The summed E-state index contributed by atoms with van der Waals surface area (Å²) in [5.74, 6) is -1.16. The average molecular weight is 431 g/mol. The molecular formula is C23H30N2O4S. The van der Waals surface area contributed by atoms with Crippen molar-refractivity contribution >= 4 is 29.1 Å². The van der Waals surface area contributed by atoms with Crippen LogP contribution in [0.15, 0.2) is 47.8 Å². The molecule has 7 heteroatoms. The lowest BCUT2D eigenvalue weighted by atomic mass is 9.96. The first-order valence-corrected chi connectivity index (χ1v) is 11.0. The Balaban J connectivity index is 2.08. The van der Waals surface area contributed by atoms with Crippen LogP contribution in [0.1, 0.15) is 38.1 Å². The zero-order chi connectivity index (χ0) is 22.1. The van der Waals surface area contributed by atoms with Gasteiger partial charge in [-0.2, -0.15) is 0 Å². The number of ketones is 1. The van der Waals surface area contributed by atoms with Gasteiger partial charge in [-0.25, -0.2) is 4.79 Å². The van der Waals surface area contributed by atoms with E-state index < -0.39 is 23.8 Å². The van der Waals surface area contributed by atoms with Crippen molar-refractivity contribution in [2.75, 3.05) is 0 Å². The predicted octanol–water partition coefficient (Wildman–Crippen LogP) is 3.95. The van der Waals surface area contributed by atoms with Crippen molar-refractivity contribution in [3.05, 3.63) is 58.3 Å². The van der Waals surface area contributed by atoms with Gasteiger partial charge in [-0.15, -0.1) is 11.3 Å². The first-order chi connectivity index (χ1) is 14.3. The van der Waals surface area contributed by atoms with Crippen molar-refractivity contribution < 1.29 is 19.1 Å². The quantitative estimate of drug-likeness (QED) is 0.559. The number of nitrogens with one attached hydrogen (secondary N) is 2. The van der Waals surface area contributed by atoms with Crippen molar-refractivity contribution in [1.82, 2.24) is 10.6 Å². The molecule has 162 valence electrons. The predicted molar refractivity (Wildman–Crippen MR) is 118 cm³/mol. The van der Waals surface area contributed by atoms with Crippen LogP contribution in [0.4, 0.5) is 4.79 Å². The summed E-state index contributed by atoms with van der Waals surface area (Å²) < 4.78 is 5.56. The van der Waals surface area contributed by atoms with Crippen molar-refractivity contribution in [3.8, 4) is 0 Å². The van der Waals surface area contributed by atoms with Gasteiger partial charge in [0.2, 0.25) is 5.78 Å². The summed E-state index contributed by atoms with van der Waals surface area (Å²) in [6.45, 7) is 8.17. The fourth-order valence-electron chi connectivity index (χ4n) is 3.23. The number of alkyl carbamates (subject to hydrolysis) is 1. The number of ether oxygens (including phenoxy) is 1. The molecule has 1 aromatic carbocycles. The molecule has 30 heavy (non-hydrogen) atoms. The van der Waals surface area contributed by atoms with Gasteiger partial charge in [-0.05, 0) is 28.8 Å². The molecule has 0 fully saturated rings. The maximum Gasteiger partial charge on any atom is 0.408 e. The van der Waals surface area contributed by atoms with E-state index in [1.54, 1.807) is 0 Å². The number of Topliss-reactive ketones (excluding diaryl/α,β-unsaturated/α-hetero) is 1. The number of benzene rings is 1. The van der Waals surface area contributed by atoms with Crippen molar-refractivity contribution in [2.24, 2.45) is 11.8 Å². The van der Waals surface area contributed by atoms with Crippen molar-refractivity contribution in [1.29, 1.82) is 0 Å². The zero-order valence-corrected chi connectivity index (χ0v) is 18.7. The van der Waals surface area contributed by atoms with Gasteiger partial charge in [0.15, 0.2) is 0 Å². The van der Waals surface area contributed by atoms with Crippen molar-refractivity contribution in [2.45, 2.75) is 52.8 Å². The Morgan fingerprint density at radius 1 is 0.967 bits per heavy atom. The summed E-state index contributed by atoms with van der Waals surface area (Å²) in [5, 5.41) is 7.14. The van der Waals surface area contributed by atoms with E-state index in [-0.39, 0.29) is 30.9 Å². The molecule has 1 atom stereocenters. The summed E-state index contributed by atoms with van der Waals surface area (Å²) in [6, 6.07) is 12.0. The highest BCUT2D eigenvalue weighted by Crippen LogP contribution is 2.16. The summed E-state index contributed by atoms with van der Waals surface area (Å²) >= 11 is 1.49. The number of carbonyl (C=O) groups is 3. The van der Waals surface area contributed by atoms with E-state index in [2.05, 4.69) is 10.6 Å². The minimum absolute atomic E-state index is 0.133. The Morgan fingerprint density at radius 3 is 2.20 bits per heavy atom. The van der Waals surface area contributed by atoms with Gasteiger partial charge < -0.3 is 15.4 Å². The molecule has 2 amide bonds. The maximum absolute atomic E-state index is 12.8. The molecule has 6 nitrogen and oxygen atoms in total. The van der Waals surface area contributed by atoms with Crippen LogP contribution in [0.25, 0.3) is 0 Å². The van der Waals surface area contributed by atoms with Gasteiger partial charge in [-0.1, -0.05) is 64.1 Å². The van der Waals surface area contributed by atoms with Crippen LogP contribution in [0, 0.1) is 11.8 Å². The second-order valence-electron chi connectivity index (χ2n) is 7.87. The molecule has 0 radical (unpaired) electrons. The van der Waals surface area contributed by atoms with Crippen molar-refractivity contribution in [3.63, 3.8) is 0 Å². The molecule has 0 aliphatic rings. The topological polar surface area (TPSA) is 84.5 Å². The SMILES string of the molecule is CC(C)C(OC(=O)N[C@@H](Cc1ccccc1)C(=O)C(=O)NCc1cccs1)C(C)C. The standard InChI is InChI=1S/C23H30N2O4S/c1-15(2)21(16(3)4)29-23(28)25-19(13-17-9-6-5-7-10-17)20(26)22(27)24-14-18-11-8-12-30-18/h5-12,15-16,19,21H,13-14H2,1-4H3,(H,24,27)(H,25,28)/t19-/m0/s1. The van der Waals surface area contributed by atoms with Gasteiger partial charge in [0.05, 0.1) is 6.54 Å². The molecule has 1 aromatic heterocycles. The third-order valence-corrected chi connectivity index (χ3v) is 5.55. The van der Waals surface area contributed by atoms with Gasteiger partial charge in [0.1, 0.15) is 12.1 Å². The third kappa shape index (κ3) is 7.30. The highest BCUT2D eigenvalue weighted by atomic mass is 32.1. The van der Waals surface area contributed by atoms with Crippen LogP contribution in [0.5, 0.6) is 0 Å². The normalized spacial score (nSPS) is 12.1. The Kier molecular flexibility index (Phi) is 9.05. The molecule has 0 bridgehead atoms. The summed E-state index contributed by atoms with van der Waals surface area (Å²) in [4.78, 5) is 38.7. The highest BCUT2D eigenvalue weighted by Gasteiger charge is 2.29. The molecule has 0 saturated carbocycles. The minimum Gasteiger partial charge on any atom is -0.446 e. The number of hydrogen-bond donors (Lipinski definition) is 2. The van der Waals surface area contributed by atoms with E-state index in [0.29, 0.717) is 0 Å². The largest absolute Gasteiger partial charge is 0.446 e. The maximum atomic E-state index is 12.8. The van der Waals surface area contributed by atoms with E-state index in [0.717, 1.165) is 10.4 Å². The molecule has 1 heterocycles. The number of carbonyl (C=O) groups excluding carboxylic acids is 3. The Hall–Kier alpha value is -2.67. The Morgan fingerprint density at radius 2 is 1.63 bits per heavy atom. The number of hydrogen-bond acceptors (Lipinski definition) is 5. The molecule has 0 aliphatic heterocycles. The van der Waals surface area contributed by atoms with Crippen LogP contribution < -0.4 is 10.6 Å². The molecular weight excluding hydrogens is 400 g/mol. The minimum atomic E-state index is -1.01. The summed E-state index contributed by atoms with van der Waals surface area (Å²) in [7, 11) is 0. The fourth-order valence-corrected chi connectivity index (χ4v) is 3.87. The molecule has 2 aromatic rings. The second kappa shape index (κ2) is 11.5. The Labute approximate surface area is 182 Å². The monoisotopic (exact) mass is 430 g/mol. The number of amides is 2. The number of thiophene rings is 1. The van der Waals surface area contributed by atoms with E-state index >= 15 is 0 Å². The summed E-state index contributed by atoms with van der Waals surface area (Å²) in [6.07, 6.45) is -0.775. The number of rotatable bonds is 10. The molecule has 2 N–H and O–H groups in total. The highest BCUT2D eigenvalue weighted by molar-refractivity contribution is 7.09. The van der Waals surface area contributed by atoms with Crippen LogP contribution in [-0.2, 0) is 27.3 Å². The third-order valence-electron chi connectivity index (χ3n) is 4.68. The van der Waals surface area contributed by atoms with Crippen LogP contribution in [-0.4, -0.2) is 29.9 Å². The molecule has 0 saturated heterocycles. The van der Waals surface area contributed by atoms with Gasteiger partial charge in [0, 0.05) is 11.3 Å². The van der Waals surface area contributed by atoms with Gasteiger partial charge >= 0.3 is 6.09 Å². The Bertz CT molecular complexity index is 811. The lowest BCUT2D eigenvalue weighted by Gasteiger charge is -2.26. The molecule has 2 rings (SSSR count). The average Bonchev–Trinajstić information content (AvgIpc) is 3.23. The van der Waals surface area contributed by atoms with E-state index in [1.165, 1.54) is 11.3 Å². The zero-order valence-electron chi connectivity index (χ0n) is 17.9. The second-order valence-corrected chi connectivity index (χ2v) is 8.90.